The topological polar surface area (TPSA) is 72.9 Å². The van der Waals surface area contributed by atoms with Gasteiger partial charge in [0.05, 0.1) is 17.4 Å². The van der Waals surface area contributed by atoms with Crippen LogP contribution >= 0.6 is 24.0 Å². The van der Waals surface area contributed by atoms with Gasteiger partial charge in [0.25, 0.3) is 5.91 Å². The van der Waals surface area contributed by atoms with Gasteiger partial charge in [-0.3, -0.25) is 4.79 Å². The van der Waals surface area contributed by atoms with E-state index in [1.165, 1.54) is 0 Å². The predicted octanol–water partition coefficient (Wildman–Crippen LogP) is 2.80. The summed E-state index contributed by atoms with van der Waals surface area (Å²) in [5, 5.41) is 7.99. The molecule has 1 saturated carbocycles. The molecule has 5 nitrogen and oxygen atoms in total. The maximum atomic E-state index is 12.3. The number of halogens is 2. The Labute approximate surface area is 146 Å². The smallest absolute Gasteiger partial charge is 0.254 e. The zero-order valence-electron chi connectivity index (χ0n) is 12.6. The summed E-state index contributed by atoms with van der Waals surface area (Å²) in [5.41, 5.74) is 7.17. The van der Waals surface area contributed by atoms with Crippen LogP contribution in [0.1, 0.15) is 29.6 Å². The lowest BCUT2D eigenvalue weighted by Crippen LogP contribution is -2.39. The molecule has 23 heavy (non-hydrogen) atoms. The first-order valence-electron chi connectivity index (χ1n) is 7.49. The number of nitrogens with zero attached hydrogens (tertiary/aromatic N) is 2. The molecule has 1 fully saturated rings. The Morgan fingerprint density at radius 3 is 2.78 bits per heavy atom. The van der Waals surface area contributed by atoms with Gasteiger partial charge in [0.2, 0.25) is 0 Å². The number of benzene rings is 1. The second-order valence-corrected chi connectivity index (χ2v) is 6.09. The van der Waals surface area contributed by atoms with Gasteiger partial charge in [-0.1, -0.05) is 18.0 Å². The number of aromatic nitrogens is 2. The van der Waals surface area contributed by atoms with Crippen LogP contribution in [0.5, 0.6) is 0 Å². The fourth-order valence-electron chi connectivity index (χ4n) is 2.94. The van der Waals surface area contributed by atoms with E-state index in [2.05, 4.69) is 10.4 Å². The van der Waals surface area contributed by atoms with Crippen LogP contribution in [-0.2, 0) is 0 Å². The first kappa shape index (κ1) is 17.8. The normalized spacial score (nSPS) is 20.1. The summed E-state index contributed by atoms with van der Waals surface area (Å²) in [7, 11) is 0. The van der Waals surface area contributed by atoms with Gasteiger partial charge >= 0.3 is 0 Å². The van der Waals surface area contributed by atoms with E-state index in [1.54, 1.807) is 29.2 Å². The maximum absolute atomic E-state index is 12.3. The van der Waals surface area contributed by atoms with E-state index < -0.39 is 0 Å². The molecular weight excluding hydrogens is 335 g/mol. The molecule has 7 heteroatoms. The number of rotatable bonds is 4. The van der Waals surface area contributed by atoms with Gasteiger partial charge in [-0.25, -0.2) is 4.68 Å². The van der Waals surface area contributed by atoms with Crippen molar-refractivity contribution in [3.05, 3.63) is 47.2 Å². The van der Waals surface area contributed by atoms with Crippen molar-refractivity contribution in [3.63, 3.8) is 0 Å². The number of hydrogen-bond acceptors (Lipinski definition) is 3. The lowest BCUT2D eigenvalue weighted by Gasteiger charge is -2.18. The van der Waals surface area contributed by atoms with Crippen molar-refractivity contribution in [2.45, 2.75) is 25.3 Å². The fraction of sp³-hybridized carbons (Fsp3) is 0.375. The van der Waals surface area contributed by atoms with Crippen molar-refractivity contribution >= 4 is 29.9 Å². The Balaban J connectivity index is 0.00000192. The van der Waals surface area contributed by atoms with E-state index in [-0.39, 0.29) is 24.4 Å². The summed E-state index contributed by atoms with van der Waals surface area (Å²) in [6.45, 7) is 0.620. The van der Waals surface area contributed by atoms with Gasteiger partial charge in [-0.2, -0.15) is 5.10 Å². The molecule has 2 atom stereocenters. The summed E-state index contributed by atoms with van der Waals surface area (Å²) >= 11 is 5.87. The average Bonchev–Trinajstić information content (AvgIpc) is 3.16. The highest BCUT2D eigenvalue weighted by Gasteiger charge is 2.27. The second kappa shape index (κ2) is 7.81. The van der Waals surface area contributed by atoms with E-state index in [4.69, 9.17) is 17.3 Å². The van der Waals surface area contributed by atoms with Gasteiger partial charge < -0.3 is 11.1 Å². The molecule has 3 rings (SSSR count). The highest BCUT2D eigenvalue weighted by Crippen LogP contribution is 2.25. The van der Waals surface area contributed by atoms with E-state index in [0.29, 0.717) is 23.0 Å². The Bertz CT molecular complexity index is 656. The predicted molar refractivity (Wildman–Crippen MR) is 93.5 cm³/mol. The quantitative estimate of drug-likeness (QED) is 0.886. The minimum Gasteiger partial charge on any atom is -0.349 e. The molecule has 1 aromatic carbocycles. The van der Waals surface area contributed by atoms with Gasteiger partial charge in [-0.15, -0.1) is 12.4 Å². The molecule has 0 radical (unpaired) electrons. The van der Waals surface area contributed by atoms with Crippen LogP contribution in [0.4, 0.5) is 0 Å². The van der Waals surface area contributed by atoms with Crippen LogP contribution in [0.2, 0.25) is 5.02 Å². The Morgan fingerprint density at radius 1 is 1.35 bits per heavy atom. The molecular formula is C16H20Cl2N4O. The summed E-state index contributed by atoms with van der Waals surface area (Å²) in [4.78, 5) is 12.3. The lowest BCUT2D eigenvalue weighted by molar-refractivity contribution is 0.0929. The van der Waals surface area contributed by atoms with E-state index in [9.17, 15) is 4.79 Å². The van der Waals surface area contributed by atoms with Crippen molar-refractivity contribution in [1.82, 2.24) is 15.1 Å². The largest absolute Gasteiger partial charge is 0.349 e. The fourth-order valence-corrected chi connectivity index (χ4v) is 3.06. The Hall–Kier alpha value is -1.56. The number of amides is 1. The molecule has 2 unspecified atom stereocenters. The minimum atomic E-state index is -0.0921. The van der Waals surface area contributed by atoms with Crippen molar-refractivity contribution in [2.24, 2.45) is 11.7 Å². The molecule has 1 heterocycles. The van der Waals surface area contributed by atoms with Crippen molar-refractivity contribution in [2.75, 3.05) is 6.54 Å². The number of carbonyl (C=O) groups excluding carboxylic acids is 1. The van der Waals surface area contributed by atoms with Crippen LogP contribution in [0.25, 0.3) is 5.69 Å². The van der Waals surface area contributed by atoms with Gasteiger partial charge in [-0.05, 0) is 49.6 Å². The number of nitrogens with one attached hydrogen (secondary N) is 1. The van der Waals surface area contributed by atoms with Crippen LogP contribution in [0.3, 0.4) is 0 Å². The Kier molecular flexibility index (Phi) is 6.04. The number of hydrogen-bond donors (Lipinski definition) is 2. The van der Waals surface area contributed by atoms with Crippen molar-refractivity contribution in [1.29, 1.82) is 0 Å². The summed E-state index contributed by atoms with van der Waals surface area (Å²) in [5.74, 6) is 0.292. The van der Waals surface area contributed by atoms with E-state index in [1.807, 2.05) is 12.1 Å². The molecule has 2 aromatic rings. The summed E-state index contributed by atoms with van der Waals surface area (Å²) < 4.78 is 1.67. The second-order valence-electron chi connectivity index (χ2n) is 5.66. The molecule has 1 amide bonds. The maximum Gasteiger partial charge on any atom is 0.254 e. The monoisotopic (exact) mass is 354 g/mol. The third-order valence-electron chi connectivity index (χ3n) is 4.21. The summed E-state index contributed by atoms with van der Waals surface area (Å²) in [6.07, 6.45) is 6.52. The summed E-state index contributed by atoms with van der Waals surface area (Å²) in [6, 6.07) is 7.48. The molecule has 0 aliphatic heterocycles. The molecule has 3 N–H and O–H groups in total. The third-order valence-corrected chi connectivity index (χ3v) is 4.47. The molecule has 124 valence electrons. The van der Waals surface area contributed by atoms with Crippen molar-refractivity contribution in [3.8, 4) is 5.69 Å². The molecule has 0 bridgehead atoms. The molecule has 0 saturated heterocycles. The lowest BCUT2D eigenvalue weighted by atomic mass is 10.0. The zero-order chi connectivity index (χ0) is 15.5. The average molecular weight is 355 g/mol. The molecule has 0 spiro atoms. The highest BCUT2D eigenvalue weighted by atomic mass is 35.5. The third kappa shape index (κ3) is 4.05. The number of nitrogens with two attached hydrogens (primary N) is 1. The first-order valence-corrected chi connectivity index (χ1v) is 7.86. The number of carbonyl (C=O) groups is 1. The van der Waals surface area contributed by atoms with Crippen molar-refractivity contribution < 1.29 is 4.79 Å². The highest BCUT2D eigenvalue weighted by molar-refractivity contribution is 6.30. The van der Waals surface area contributed by atoms with Crippen LogP contribution in [-0.4, -0.2) is 28.3 Å². The molecule has 1 aromatic heterocycles. The Morgan fingerprint density at radius 2 is 2.09 bits per heavy atom. The van der Waals surface area contributed by atoms with Crippen LogP contribution in [0.15, 0.2) is 36.7 Å². The van der Waals surface area contributed by atoms with Crippen LogP contribution in [0, 0.1) is 5.92 Å². The van der Waals surface area contributed by atoms with Gasteiger partial charge in [0, 0.05) is 17.3 Å². The minimum absolute atomic E-state index is 0. The molecule has 1 aliphatic rings. The SMILES string of the molecule is Cl.NCC1CCCC1NC(=O)c1cnn(-c2ccc(Cl)cc2)c1. The first-order chi connectivity index (χ1) is 10.7. The standard InChI is InChI=1S/C16H19ClN4O.ClH/c17-13-4-6-14(7-5-13)21-10-12(9-19-21)16(22)20-15-3-1-2-11(15)8-18;/h4-7,9-11,15H,1-3,8,18H2,(H,20,22);1H. The van der Waals surface area contributed by atoms with Crippen LogP contribution < -0.4 is 11.1 Å². The van der Waals surface area contributed by atoms with E-state index >= 15 is 0 Å². The zero-order valence-corrected chi connectivity index (χ0v) is 14.2. The van der Waals surface area contributed by atoms with Gasteiger partial charge in [0.15, 0.2) is 0 Å². The molecule has 1 aliphatic carbocycles. The van der Waals surface area contributed by atoms with Gasteiger partial charge in [0.1, 0.15) is 0 Å². The van der Waals surface area contributed by atoms with E-state index in [0.717, 1.165) is 24.9 Å².